The van der Waals surface area contributed by atoms with Gasteiger partial charge in [0.1, 0.15) is 5.75 Å². The molecule has 0 atom stereocenters. The number of anilines is 1. The molecule has 1 N–H and O–H groups in total. The highest BCUT2D eigenvalue weighted by molar-refractivity contribution is 7.15. The molecule has 2 aliphatic rings. The van der Waals surface area contributed by atoms with Gasteiger partial charge in [0, 0.05) is 30.0 Å². The van der Waals surface area contributed by atoms with E-state index in [0.717, 1.165) is 65.6 Å². The summed E-state index contributed by atoms with van der Waals surface area (Å²) in [6.45, 7) is 4.96. The topological polar surface area (TPSA) is 62.7 Å². The molecule has 0 radical (unpaired) electrons. The Morgan fingerprint density at radius 1 is 1.28 bits per heavy atom. The van der Waals surface area contributed by atoms with E-state index in [1.54, 1.807) is 11.3 Å². The van der Waals surface area contributed by atoms with E-state index in [1.165, 1.54) is 24.1 Å². The van der Waals surface area contributed by atoms with Crippen LogP contribution < -0.4 is 9.64 Å². The van der Waals surface area contributed by atoms with E-state index in [-0.39, 0.29) is 6.42 Å². The first-order chi connectivity index (χ1) is 14.1. The molecule has 1 aromatic carbocycles. The highest BCUT2D eigenvalue weighted by atomic mass is 32.1. The van der Waals surface area contributed by atoms with Crippen molar-refractivity contribution in [2.45, 2.75) is 51.9 Å². The Kier molecular flexibility index (Phi) is 6.19. The van der Waals surface area contributed by atoms with E-state index in [1.807, 2.05) is 24.3 Å². The number of piperidine rings is 1. The molecule has 4 rings (SSSR count). The third-order valence-corrected chi connectivity index (χ3v) is 6.78. The van der Waals surface area contributed by atoms with Gasteiger partial charge in [-0.3, -0.25) is 4.79 Å². The van der Waals surface area contributed by atoms with Gasteiger partial charge >= 0.3 is 5.97 Å². The predicted octanol–water partition coefficient (Wildman–Crippen LogP) is 4.87. The summed E-state index contributed by atoms with van der Waals surface area (Å²) in [5.74, 6) is 0.0848. The first-order valence-electron chi connectivity index (χ1n) is 10.5. The number of nitrogens with zero attached hydrogens (tertiary/aromatic N) is 2. The van der Waals surface area contributed by atoms with Gasteiger partial charge in [0.25, 0.3) is 0 Å². The molecule has 2 aromatic rings. The van der Waals surface area contributed by atoms with Crippen LogP contribution in [-0.4, -0.2) is 35.8 Å². The van der Waals surface area contributed by atoms with Crippen LogP contribution in [0.25, 0.3) is 5.57 Å². The number of allylic oxidation sites excluding steroid dienone is 1. The minimum absolute atomic E-state index is 0.0632. The normalized spacial score (nSPS) is 16.3. The van der Waals surface area contributed by atoms with Crippen molar-refractivity contribution in [1.29, 1.82) is 0 Å². The second-order valence-corrected chi connectivity index (χ2v) is 8.95. The number of aryl methyl sites for hydroxylation is 1. The van der Waals surface area contributed by atoms with Gasteiger partial charge in [0.2, 0.25) is 0 Å². The number of ether oxygens (including phenoxy) is 1. The summed E-state index contributed by atoms with van der Waals surface area (Å²) in [6.07, 6.45) is 8.49. The molecule has 1 aliphatic carbocycles. The Morgan fingerprint density at radius 3 is 2.90 bits per heavy atom. The lowest BCUT2D eigenvalue weighted by Crippen LogP contribution is -2.29. The van der Waals surface area contributed by atoms with Crippen LogP contribution in [0.4, 0.5) is 5.13 Å². The number of thiazole rings is 1. The minimum atomic E-state index is -0.793. The van der Waals surface area contributed by atoms with Crippen LogP contribution in [-0.2, 0) is 17.6 Å². The fourth-order valence-electron chi connectivity index (χ4n) is 4.21. The van der Waals surface area contributed by atoms with Gasteiger partial charge in [-0.2, -0.15) is 0 Å². The number of carboxylic acids is 1. The molecule has 0 unspecified atom stereocenters. The Morgan fingerprint density at radius 2 is 2.10 bits per heavy atom. The zero-order valence-electron chi connectivity index (χ0n) is 16.9. The Bertz CT molecular complexity index is 913. The summed E-state index contributed by atoms with van der Waals surface area (Å²) >= 11 is 1.79. The molecule has 2 heterocycles. The fraction of sp³-hybridized carbons (Fsp3) is 0.478. The summed E-state index contributed by atoms with van der Waals surface area (Å²) in [4.78, 5) is 19.7. The summed E-state index contributed by atoms with van der Waals surface area (Å²) in [7, 11) is 0. The van der Waals surface area contributed by atoms with Gasteiger partial charge in [-0.1, -0.05) is 18.2 Å². The lowest BCUT2D eigenvalue weighted by molar-refractivity contribution is -0.135. The summed E-state index contributed by atoms with van der Waals surface area (Å²) < 4.78 is 6.15. The quantitative estimate of drug-likeness (QED) is 0.703. The van der Waals surface area contributed by atoms with Crippen LogP contribution in [0.5, 0.6) is 5.75 Å². The van der Waals surface area contributed by atoms with Gasteiger partial charge in [0.15, 0.2) is 5.13 Å². The summed E-state index contributed by atoms with van der Waals surface area (Å²) in [5, 5.41) is 10.3. The number of rotatable bonds is 7. The number of fused-ring (bicyclic) bond motifs is 1. The second kappa shape index (κ2) is 8.99. The zero-order valence-corrected chi connectivity index (χ0v) is 17.8. The minimum Gasteiger partial charge on any atom is -0.493 e. The number of hydrogen-bond donors (Lipinski definition) is 1. The van der Waals surface area contributed by atoms with Crippen LogP contribution in [0.1, 0.15) is 53.8 Å². The van der Waals surface area contributed by atoms with Gasteiger partial charge in [-0.05, 0) is 56.2 Å². The van der Waals surface area contributed by atoms with Gasteiger partial charge in [-0.15, -0.1) is 11.3 Å². The van der Waals surface area contributed by atoms with Crippen molar-refractivity contribution in [3.8, 4) is 5.75 Å². The van der Waals surface area contributed by atoms with Gasteiger partial charge < -0.3 is 14.7 Å². The third-order valence-electron chi connectivity index (χ3n) is 5.71. The number of hydrogen-bond acceptors (Lipinski definition) is 5. The monoisotopic (exact) mass is 412 g/mol. The lowest BCUT2D eigenvalue weighted by Gasteiger charge is -2.25. The Labute approximate surface area is 176 Å². The zero-order chi connectivity index (χ0) is 20.2. The lowest BCUT2D eigenvalue weighted by atomic mass is 9.88. The average molecular weight is 413 g/mol. The molecule has 0 saturated carbocycles. The largest absolute Gasteiger partial charge is 0.493 e. The molecular formula is C23H28N2O3S. The number of carbonyl (C=O) groups is 1. The number of benzene rings is 1. The van der Waals surface area contributed by atoms with Crippen LogP contribution in [0.15, 0.2) is 24.3 Å². The van der Waals surface area contributed by atoms with Crippen molar-refractivity contribution in [3.63, 3.8) is 0 Å². The summed E-state index contributed by atoms with van der Waals surface area (Å²) in [5.41, 5.74) is 4.18. The number of aliphatic carboxylic acids is 1. The molecule has 1 aromatic heterocycles. The average Bonchev–Trinajstić information content (AvgIpc) is 3.09. The van der Waals surface area contributed by atoms with Crippen LogP contribution in [0.3, 0.4) is 0 Å². The van der Waals surface area contributed by atoms with E-state index in [0.29, 0.717) is 6.61 Å². The van der Waals surface area contributed by atoms with Crippen molar-refractivity contribution in [2.24, 2.45) is 0 Å². The van der Waals surface area contributed by atoms with E-state index >= 15 is 0 Å². The van der Waals surface area contributed by atoms with Crippen molar-refractivity contribution >= 4 is 28.0 Å². The number of aromatic nitrogens is 1. The molecule has 1 fully saturated rings. The molecule has 154 valence electrons. The molecule has 1 saturated heterocycles. The highest BCUT2D eigenvalue weighted by Gasteiger charge is 2.19. The molecule has 29 heavy (non-hydrogen) atoms. The second-order valence-electron chi connectivity index (χ2n) is 7.77. The van der Waals surface area contributed by atoms with Crippen LogP contribution in [0, 0.1) is 6.92 Å². The van der Waals surface area contributed by atoms with Crippen molar-refractivity contribution < 1.29 is 14.6 Å². The van der Waals surface area contributed by atoms with Crippen LogP contribution >= 0.6 is 11.3 Å². The van der Waals surface area contributed by atoms with E-state index < -0.39 is 5.97 Å². The molecule has 0 bridgehead atoms. The molecule has 0 amide bonds. The standard InChI is InChI=1S/C23H28N2O3S/c1-16-20(24-23(29-16)25-12-3-2-4-13-25)11-14-28-21-10-6-8-18-17(15-22(26)27)7-5-9-19(18)21/h6-8,10H,2-5,9,11-15H2,1H3,(H,26,27). The first-order valence-corrected chi connectivity index (χ1v) is 11.3. The SMILES string of the molecule is Cc1sc(N2CCCCC2)nc1CCOc1cccc2c1CCC=C2CC(=O)O. The molecular weight excluding hydrogens is 384 g/mol. The van der Waals surface area contributed by atoms with Crippen molar-refractivity contribution in [3.05, 3.63) is 46.0 Å². The van der Waals surface area contributed by atoms with E-state index in [9.17, 15) is 4.79 Å². The predicted molar refractivity (Wildman–Crippen MR) is 117 cm³/mol. The van der Waals surface area contributed by atoms with E-state index in [4.69, 9.17) is 14.8 Å². The molecule has 6 heteroatoms. The molecule has 0 spiro atoms. The Balaban J connectivity index is 1.41. The fourth-order valence-corrected chi connectivity index (χ4v) is 5.22. The summed E-state index contributed by atoms with van der Waals surface area (Å²) in [6, 6.07) is 5.96. The van der Waals surface area contributed by atoms with Crippen LogP contribution in [0.2, 0.25) is 0 Å². The van der Waals surface area contributed by atoms with E-state index in [2.05, 4.69) is 11.8 Å². The molecule has 1 aliphatic heterocycles. The molecule has 5 nitrogen and oxygen atoms in total. The Hall–Kier alpha value is -2.34. The highest BCUT2D eigenvalue weighted by Crippen LogP contribution is 2.35. The maximum absolute atomic E-state index is 11.2. The first kappa shape index (κ1) is 20.0. The third kappa shape index (κ3) is 4.64. The van der Waals surface area contributed by atoms with Gasteiger partial charge in [0.05, 0.1) is 18.7 Å². The van der Waals surface area contributed by atoms with Crippen molar-refractivity contribution in [2.75, 3.05) is 24.6 Å². The van der Waals surface area contributed by atoms with Crippen molar-refractivity contribution in [1.82, 2.24) is 4.98 Å². The smallest absolute Gasteiger partial charge is 0.307 e. The maximum Gasteiger partial charge on any atom is 0.307 e. The maximum atomic E-state index is 11.2. The van der Waals surface area contributed by atoms with Gasteiger partial charge in [-0.25, -0.2) is 4.98 Å². The number of carboxylic acid groups (broad SMARTS) is 1.